The summed E-state index contributed by atoms with van der Waals surface area (Å²) < 4.78 is 1.82. The van der Waals surface area contributed by atoms with Crippen molar-refractivity contribution in [2.45, 2.75) is 32.7 Å². The lowest BCUT2D eigenvalue weighted by molar-refractivity contribution is 0.0910. The van der Waals surface area contributed by atoms with Gasteiger partial charge in [-0.05, 0) is 23.5 Å². The Balaban J connectivity index is 1.71. The molecular weight excluding hydrogens is 380 g/mol. The number of aromatic nitrogens is 3. The molecule has 1 atom stereocenters. The van der Waals surface area contributed by atoms with Crippen molar-refractivity contribution in [1.82, 2.24) is 19.9 Å². The number of H-pyrrole nitrogens is 1. The molecule has 0 radical (unpaired) electrons. The summed E-state index contributed by atoms with van der Waals surface area (Å²) in [6.45, 7) is 3.98. The molecule has 2 heterocycles. The van der Waals surface area contributed by atoms with E-state index < -0.39 is 17.5 Å². The highest BCUT2D eigenvalue weighted by Crippen LogP contribution is 2.33. The molecule has 0 saturated carbocycles. The summed E-state index contributed by atoms with van der Waals surface area (Å²) >= 11 is 0. The van der Waals surface area contributed by atoms with Crippen LogP contribution in [0.15, 0.2) is 53.6 Å². The molecule has 7 nitrogen and oxygen atoms in total. The van der Waals surface area contributed by atoms with Crippen LogP contribution < -0.4 is 10.9 Å². The van der Waals surface area contributed by atoms with Gasteiger partial charge in [-0.3, -0.25) is 14.4 Å². The van der Waals surface area contributed by atoms with Gasteiger partial charge in [-0.2, -0.15) is 0 Å². The first-order valence-electron chi connectivity index (χ1n) is 9.87. The van der Waals surface area contributed by atoms with E-state index in [2.05, 4.69) is 15.3 Å². The number of amides is 1. The van der Waals surface area contributed by atoms with E-state index in [-0.39, 0.29) is 16.8 Å². The van der Waals surface area contributed by atoms with Gasteiger partial charge in [-0.25, -0.2) is 4.98 Å². The number of aryl methyl sites for hydroxylation is 1. The van der Waals surface area contributed by atoms with Gasteiger partial charge in [0.15, 0.2) is 5.78 Å². The topological polar surface area (TPSA) is 96.8 Å². The van der Waals surface area contributed by atoms with E-state index >= 15 is 0 Å². The Morgan fingerprint density at radius 3 is 2.60 bits per heavy atom. The number of hydrogen-bond acceptors (Lipinski definition) is 4. The van der Waals surface area contributed by atoms with Crippen molar-refractivity contribution < 1.29 is 9.59 Å². The first-order chi connectivity index (χ1) is 14.2. The van der Waals surface area contributed by atoms with Crippen LogP contribution in [0, 0.1) is 5.41 Å². The predicted molar refractivity (Wildman–Crippen MR) is 112 cm³/mol. The number of imidazole rings is 1. The number of carbonyl (C=O) groups is 2. The maximum absolute atomic E-state index is 13.1. The Kier molecular flexibility index (Phi) is 4.89. The molecule has 1 unspecified atom stereocenters. The number of aromatic amines is 1. The molecule has 0 aliphatic heterocycles. The largest absolute Gasteiger partial charge is 0.338 e. The van der Waals surface area contributed by atoms with Crippen LogP contribution in [0.4, 0.5) is 0 Å². The number of pyridine rings is 1. The highest BCUT2D eigenvalue weighted by Gasteiger charge is 2.33. The average Bonchev–Trinajstić information content (AvgIpc) is 3.11. The summed E-state index contributed by atoms with van der Waals surface area (Å²) in [4.78, 5) is 45.5. The van der Waals surface area contributed by atoms with Gasteiger partial charge in [-0.15, -0.1) is 0 Å². The van der Waals surface area contributed by atoms with Crippen molar-refractivity contribution >= 4 is 11.7 Å². The van der Waals surface area contributed by atoms with Crippen molar-refractivity contribution in [3.63, 3.8) is 0 Å². The third-order valence-corrected chi connectivity index (χ3v) is 5.49. The van der Waals surface area contributed by atoms with Crippen LogP contribution in [0.25, 0.3) is 0 Å². The molecule has 1 aliphatic rings. The summed E-state index contributed by atoms with van der Waals surface area (Å²) in [5, 5.41) is 2.92. The Bertz CT molecular complexity index is 1170. The molecule has 1 amide bonds. The number of carbonyl (C=O) groups excluding carboxylic acids is 2. The van der Waals surface area contributed by atoms with Gasteiger partial charge < -0.3 is 14.9 Å². The molecule has 7 heteroatoms. The van der Waals surface area contributed by atoms with Crippen molar-refractivity contribution in [3.05, 3.63) is 87.4 Å². The minimum atomic E-state index is -0.548. The minimum absolute atomic E-state index is 0.0599. The van der Waals surface area contributed by atoms with Crippen LogP contribution >= 0.6 is 0 Å². The van der Waals surface area contributed by atoms with Gasteiger partial charge in [0.2, 0.25) is 0 Å². The summed E-state index contributed by atoms with van der Waals surface area (Å²) in [6.07, 6.45) is 4.42. The number of ketones is 1. The molecule has 30 heavy (non-hydrogen) atoms. The summed E-state index contributed by atoms with van der Waals surface area (Å²) in [5.74, 6) is 0.0329. The standard InChI is InChI=1S/C23H24N4O3/c1-23(2)12-17-15(18(28)13-23)11-16(21(29)25-17)22(30)26-19(14-7-5-4-6-8-14)20-24-9-10-27(20)3/h4-11,19H,12-13H2,1-3H3,(H,25,29)(H,26,30). The lowest BCUT2D eigenvalue weighted by atomic mass is 9.75. The lowest BCUT2D eigenvalue weighted by Crippen LogP contribution is -2.37. The normalized spacial score (nSPS) is 16.0. The fraction of sp³-hybridized carbons (Fsp3) is 0.304. The molecule has 0 fully saturated rings. The van der Waals surface area contributed by atoms with E-state index in [9.17, 15) is 14.4 Å². The van der Waals surface area contributed by atoms with Crippen LogP contribution in [0.2, 0.25) is 0 Å². The maximum atomic E-state index is 13.1. The highest BCUT2D eigenvalue weighted by atomic mass is 16.2. The fourth-order valence-electron chi connectivity index (χ4n) is 4.00. The second-order valence-electron chi connectivity index (χ2n) is 8.56. The Morgan fingerprint density at radius 2 is 1.93 bits per heavy atom. The molecule has 1 aliphatic carbocycles. The Hall–Kier alpha value is -3.48. The van der Waals surface area contributed by atoms with E-state index in [1.54, 1.807) is 12.4 Å². The van der Waals surface area contributed by atoms with Crippen LogP contribution in [-0.4, -0.2) is 26.2 Å². The molecule has 2 aromatic heterocycles. The van der Waals surface area contributed by atoms with Crippen LogP contribution in [0.3, 0.4) is 0 Å². The van der Waals surface area contributed by atoms with Crippen molar-refractivity contribution in [2.75, 3.05) is 0 Å². The van der Waals surface area contributed by atoms with Gasteiger partial charge in [0, 0.05) is 37.1 Å². The molecule has 154 valence electrons. The maximum Gasteiger partial charge on any atom is 0.261 e. The molecule has 0 bridgehead atoms. The minimum Gasteiger partial charge on any atom is -0.338 e. The molecule has 0 spiro atoms. The molecular formula is C23H24N4O3. The van der Waals surface area contributed by atoms with Crippen molar-refractivity contribution in [3.8, 4) is 0 Å². The van der Waals surface area contributed by atoms with E-state index in [1.165, 1.54) is 6.07 Å². The van der Waals surface area contributed by atoms with Gasteiger partial charge in [0.25, 0.3) is 11.5 Å². The Morgan fingerprint density at radius 1 is 1.20 bits per heavy atom. The van der Waals surface area contributed by atoms with Gasteiger partial charge >= 0.3 is 0 Å². The molecule has 3 aromatic rings. The van der Waals surface area contributed by atoms with Crippen LogP contribution in [-0.2, 0) is 13.5 Å². The number of rotatable bonds is 4. The monoisotopic (exact) mass is 404 g/mol. The molecule has 4 rings (SSSR count). The van der Waals surface area contributed by atoms with Crippen molar-refractivity contribution in [1.29, 1.82) is 0 Å². The van der Waals surface area contributed by atoms with E-state index in [4.69, 9.17) is 0 Å². The smallest absolute Gasteiger partial charge is 0.261 e. The average molecular weight is 404 g/mol. The zero-order valence-electron chi connectivity index (χ0n) is 17.2. The van der Waals surface area contributed by atoms with Crippen LogP contribution in [0.1, 0.15) is 64.1 Å². The third-order valence-electron chi connectivity index (χ3n) is 5.49. The SMILES string of the molecule is Cn1ccnc1C(NC(=O)c1cc2c([nH]c1=O)CC(C)(C)CC2=O)c1ccccc1. The molecule has 2 N–H and O–H groups in total. The number of fused-ring (bicyclic) bond motifs is 1. The van der Waals surface area contributed by atoms with E-state index in [0.717, 1.165) is 5.56 Å². The first-order valence-corrected chi connectivity index (χ1v) is 9.87. The summed E-state index contributed by atoms with van der Waals surface area (Å²) in [7, 11) is 1.84. The van der Waals surface area contributed by atoms with Crippen molar-refractivity contribution in [2.24, 2.45) is 12.5 Å². The zero-order chi connectivity index (χ0) is 21.5. The van der Waals surface area contributed by atoms with Gasteiger partial charge in [0.05, 0.1) is 0 Å². The zero-order valence-corrected chi connectivity index (χ0v) is 17.2. The summed E-state index contributed by atoms with van der Waals surface area (Å²) in [5.41, 5.74) is 1.08. The number of Topliss-reactive ketones (excluding diaryl/α,β-unsaturated/α-hetero) is 1. The van der Waals surface area contributed by atoms with E-state index in [0.29, 0.717) is 29.9 Å². The quantitative estimate of drug-likeness (QED) is 0.699. The predicted octanol–water partition coefficient (Wildman–Crippen LogP) is 2.78. The van der Waals surface area contributed by atoms with Crippen LogP contribution in [0.5, 0.6) is 0 Å². The number of benzene rings is 1. The Labute approximate surface area is 174 Å². The molecule has 0 saturated heterocycles. The van der Waals surface area contributed by atoms with Gasteiger partial charge in [0.1, 0.15) is 17.4 Å². The van der Waals surface area contributed by atoms with E-state index in [1.807, 2.05) is 55.8 Å². The lowest BCUT2D eigenvalue weighted by Gasteiger charge is -2.29. The fourth-order valence-corrected chi connectivity index (χ4v) is 4.00. The number of hydrogen-bond donors (Lipinski definition) is 2. The second kappa shape index (κ2) is 7.40. The first kappa shape index (κ1) is 19.8. The summed E-state index contributed by atoms with van der Waals surface area (Å²) in [6, 6.07) is 10.3. The number of nitrogens with one attached hydrogen (secondary N) is 2. The third kappa shape index (κ3) is 3.70. The molecule has 1 aromatic carbocycles. The number of nitrogens with zero attached hydrogens (tertiary/aromatic N) is 2. The highest BCUT2D eigenvalue weighted by molar-refractivity contribution is 6.02. The van der Waals surface area contributed by atoms with Gasteiger partial charge in [-0.1, -0.05) is 44.2 Å². The second-order valence-corrected chi connectivity index (χ2v) is 8.56.